The van der Waals surface area contributed by atoms with Gasteiger partial charge in [0.15, 0.2) is 0 Å². The predicted octanol–water partition coefficient (Wildman–Crippen LogP) is 4.94. The minimum absolute atomic E-state index is 0.124. The van der Waals surface area contributed by atoms with Crippen molar-refractivity contribution >= 4 is 23.1 Å². The number of aryl methyl sites for hydroxylation is 1. The number of aliphatic hydroxyl groups excluding tert-OH is 1. The molecule has 9 nitrogen and oxygen atoms in total. The first kappa shape index (κ1) is 26.6. The smallest absolute Gasteiger partial charge is 0.295 e. The molecule has 0 aromatic heterocycles. The van der Waals surface area contributed by atoms with E-state index < -0.39 is 22.7 Å². The molecule has 0 saturated carbocycles. The number of carbonyl (C=O) groups is 2. The average Bonchev–Trinajstić information content (AvgIpc) is 3.17. The molecule has 3 aromatic rings. The number of nitro groups is 1. The Kier molecular flexibility index (Phi) is 8.18. The van der Waals surface area contributed by atoms with Gasteiger partial charge in [0.05, 0.1) is 16.5 Å². The number of ketones is 1. The van der Waals surface area contributed by atoms with Crippen LogP contribution in [0.5, 0.6) is 5.75 Å². The Morgan fingerprint density at radius 3 is 2.47 bits per heavy atom. The highest BCUT2D eigenvalue weighted by atomic mass is 16.6. The standard InChI is InChI=1S/C29H28N2O7/c1-19-6-3-7-20(16-19)18-38-24-12-10-21(11-13-24)27(32)25-26(22-8-4-9-23(17-22)31(35)36)30(14-5-15-37-2)29(34)28(25)33/h3-4,6-13,16-17,26,32H,5,14-15,18H2,1-2H3/t26-/m0/s1. The highest BCUT2D eigenvalue weighted by molar-refractivity contribution is 6.46. The first-order valence-corrected chi connectivity index (χ1v) is 12.1. The summed E-state index contributed by atoms with van der Waals surface area (Å²) in [6.45, 7) is 2.90. The van der Waals surface area contributed by atoms with E-state index in [1.165, 1.54) is 30.2 Å². The van der Waals surface area contributed by atoms with E-state index in [0.29, 0.717) is 36.5 Å². The molecule has 196 valence electrons. The number of ether oxygens (including phenoxy) is 2. The Balaban J connectivity index is 1.67. The van der Waals surface area contributed by atoms with Crippen LogP contribution in [0.3, 0.4) is 0 Å². The van der Waals surface area contributed by atoms with E-state index in [2.05, 4.69) is 0 Å². The van der Waals surface area contributed by atoms with Crippen molar-refractivity contribution in [1.82, 2.24) is 4.90 Å². The van der Waals surface area contributed by atoms with E-state index in [9.17, 15) is 24.8 Å². The summed E-state index contributed by atoms with van der Waals surface area (Å²) in [7, 11) is 1.53. The largest absolute Gasteiger partial charge is 0.507 e. The van der Waals surface area contributed by atoms with Crippen molar-refractivity contribution in [1.29, 1.82) is 0 Å². The van der Waals surface area contributed by atoms with Crippen LogP contribution in [0.15, 0.2) is 78.4 Å². The van der Waals surface area contributed by atoms with Gasteiger partial charge in [0.1, 0.15) is 18.1 Å². The number of methoxy groups -OCH3 is 1. The molecule has 0 aliphatic carbocycles. The molecule has 0 unspecified atom stereocenters. The molecular formula is C29H28N2O7. The van der Waals surface area contributed by atoms with Crippen molar-refractivity contribution in [3.05, 3.63) is 111 Å². The van der Waals surface area contributed by atoms with E-state index in [0.717, 1.165) is 11.1 Å². The quantitative estimate of drug-likeness (QED) is 0.101. The molecular weight excluding hydrogens is 488 g/mol. The maximum atomic E-state index is 13.1. The summed E-state index contributed by atoms with van der Waals surface area (Å²) in [4.78, 5) is 38.3. The summed E-state index contributed by atoms with van der Waals surface area (Å²) in [5.41, 5.74) is 2.51. The van der Waals surface area contributed by atoms with Crippen LogP contribution in [0.4, 0.5) is 5.69 Å². The van der Waals surface area contributed by atoms with E-state index in [1.54, 1.807) is 30.3 Å². The molecule has 4 rings (SSSR count). The van der Waals surface area contributed by atoms with E-state index in [4.69, 9.17) is 9.47 Å². The summed E-state index contributed by atoms with van der Waals surface area (Å²) in [5.74, 6) is -1.42. The zero-order valence-electron chi connectivity index (χ0n) is 21.1. The highest BCUT2D eigenvalue weighted by Crippen LogP contribution is 2.40. The van der Waals surface area contributed by atoms with Crippen molar-refractivity contribution in [2.45, 2.75) is 26.0 Å². The summed E-state index contributed by atoms with van der Waals surface area (Å²) in [5, 5.41) is 22.6. The van der Waals surface area contributed by atoms with Gasteiger partial charge in [-0.25, -0.2) is 0 Å². The fourth-order valence-corrected chi connectivity index (χ4v) is 4.48. The third-order valence-corrected chi connectivity index (χ3v) is 6.30. The number of benzene rings is 3. The lowest BCUT2D eigenvalue weighted by Gasteiger charge is -2.25. The molecule has 1 heterocycles. The maximum absolute atomic E-state index is 13.1. The summed E-state index contributed by atoms with van der Waals surface area (Å²) in [6, 6.07) is 19.2. The Morgan fingerprint density at radius 2 is 1.79 bits per heavy atom. The second-order valence-electron chi connectivity index (χ2n) is 8.99. The van der Waals surface area contributed by atoms with Gasteiger partial charge < -0.3 is 19.5 Å². The van der Waals surface area contributed by atoms with E-state index in [-0.39, 0.29) is 23.6 Å². The number of hydrogen-bond acceptors (Lipinski definition) is 7. The van der Waals surface area contributed by atoms with Crippen LogP contribution in [-0.2, 0) is 20.9 Å². The van der Waals surface area contributed by atoms with Crippen LogP contribution in [0, 0.1) is 17.0 Å². The predicted molar refractivity (Wildman–Crippen MR) is 141 cm³/mol. The summed E-state index contributed by atoms with van der Waals surface area (Å²) >= 11 is 0. The number of nitro benzene ring substituents is 1. The molecule has 0 radical (unpaired) electrons. The number of nitrogens with zero attached hydrogens (tertiary/aromatic N) is 2. The number of rotatable bonds is 10. The molecule has 1 aliphatic rings. The monoisotopic (exact) mass is 516 g/mol. The molecule has 1 fully saturated rings. The molecule has 3 aromatic carbocycles. The normalized spacial score (nSPS) is 16.6. The molecule has 0 spiro atoms. The van der Waals surface area contributed by atoms with Gasteiger partial charge in [-0.2, -0.15) is 0 Å². The Bertz CT molecular complexity index is 1380. The molecule has 0 bridgehead atoms. The second-order valence-corrected chi connectivity index (χ2v) is 8.99. The van der Waals surface area contributed by atoms with Crippen molar-refractivity contribution in [2.75, 3.05) is 20.3 Å². The van der Waals surface area contributed by atoms with Gasteiger partial charge in [-0.05, 0) is 48.7 Å². The van der Waals surface area contributed by atoms with Crippen LogP contribution in [0.1, 0.15) is 34.7 Å². The SMILES string of the molecule is COCCCN1C(=O)C(=O)C(=C(O)c2ccc(OCc3cccc(C)c3)cc2)[C@@H]1c1cccc([N+](=O)[O-])c1. The number of amides is 1. The topological polar surface area (TPSA) is 119 Å². The summed E-state index contributed by atoms with van der Waals surface area (Å²) < 4.78 is 10.9. The third kappa shape index (κ3) is 5.73. The summed E-state index contributed by atoms with van der Waals surface area (Å²) in [6.07, 6.45) is 0.446. The average molecular weight is 517 g/mol. The van der Waals surface area contributed by atoms with Crippen LogP contribution >= 0.6 is 0 Å². The van der Waals surface area contributed by atoms with Gasteiger partial charge in [-0.1, -0.05) is 42.0 Å². The fraction of sp³-hybridized carbons (Fsp3) is 0.241. The Hall–Kier alpha value is -4.50. The van der Waals surface area contributed by atoms with E-state index >= 15 is 0 Å². The first-order chi connectivity index (χ1) is 18.3. The number of hydrogen-bond donors (Lipinski definition) is 1. The molecule has 38 heavy (non-hydrogen) atoms. The zero-order chi connectivity index (χ0) is 27.2. The van der Waals surface area contributed by atoms with Crippen molar-refractivity contribution in [2.24, 2.45) is 0 Å². The Morgan fingerprint density at radius 1 is 1.05 bits per heavy atom. The first-order valence-electron chi connectivity index (χ1n) is 12.1. The fourth-order valence-electron chi connectivity index (χ4n) is 4.48. The van der Waals surface area contributed by atoms with Crippen LogP contribution in [-0.4, -0.2) is 46.9 Å². The lowest BCUT2D eigenvalue weighted by atomic mass is 9.95. The highest BCUT2D eigenvalue weighted by Gasteiger charge is 2.46. The maximum Gasteiger partial charge on any atom is 0.295 e. The zero-order valence-corrected chi connectivity index (χ0v) is 21.1. The van der Waals surface area contributed by atoms with Crippen molar-refractivity contribution < 1.29 is 29.1 Å². The molecule has 1 saturated heterocycles. The van der Waals surface area contributed by atoms with Gasteiger partial charge in [0.2, 0.25) is 0 Å². The second kappa shape index (κ2) is 11.7. The van der Waals surface area contributed by atoms with Gasteiger partial charge in [-0.3, -0.25) is 19.7 Å². The van der Waals surface area contributed by atoms with Crippen LogP contribution in [0.2, 0.25) is 0 Å². The minimum Gasteiger partial charge on any atom is -0.507 e. The molecule has 9 heteroatoms. The third-order valence-electron chi connectivity index (χ3n) is 6.30. The number of Topliss-reactive ketones (excluding diaryl/α,β-unsaturated/α-hetero) is 1. The molecule has 1 atom stereocenters. The number of non-ortho nitro benzene ring substituents is 1. The van der Waals surface area contributed by atoms with Crippen molar-refractivity contribution in [3.63, 3.8) is 0 Å². The number of likely N-dealkylation sites (tertiary alicyclic amines) is 1. The molecule has 1 aliphatic heterocycles. The minimum atomic E-state index is -0.982. The van der Waals surface area contributed by atoms with Crippen LogP contribution < -0.4 is 4.74 Å². The van der Waals surface area contributed by atoms with Gasteiger partial charge >= 0.3 is 0 Å². The van der Waals surface area contributed by atoms with Gasteiger partial charge in [0, 0.05) is 38.0 Å². The molecule has 1 N–H and O–H groups in total. The number of aliphatic hydroxyl groups is 1. The Labute approximate surface area is 220 Å². The lowest BCUT2D eigenvalue weighted by Crippen LogP contribution is -2.31. The van der Waals surface area contributed by atoms with E-state index in [1.807, 2.05) is 31.2 Å². The molecule has 1 amide bonds. The van der Waals surface area contributed by atoms with Gasteiger partial charge in [-0.15, -0.1) is 0 Å². The van der Waals surface area contributed by atoms with Crippen molar-refractivity contribution in [3.8, 4) is 5.75 Å². The van der Waals surface area contributed by atoms with Gasteiger partial charge in [0.25, 0.3) is 17.4 Å². The van der Waals surface area contributed by atoms with Crippen LogP contribution in [0.25, 0.3) is 5.76 Å². The lowest BCUT2D eigenvalue weighted by molar-refractivity contribution is -0.384. The number of carbonyl (C=O) groups excluding carboxylic acids is 2.